The van der Waals surface area contributed by atoms with Crippen LogP contribution in [0.1, 0.15) is 29.8 Å². The van der Waals surface area contributed by atoms with Crippen molar-refractivity contribution < 1.29 is 9.84 Å². The first-order valence-corrected chi connectivity index (χ1v) is 5.95. The fourth-order valence-electron chi connectivity index (χ4n) is 1.64. The van der Waals surface area contributed by atoms with Crippen molar-refractivity contribution in [3.05, 3.63) is 53.3 Å². The number of hydrogen-bond acceptors (Lipinski definition) is 3. The first-order chi connectivity index (χ1) is 8.56. The molecule has 1 heterocycles. The number of pyridine rings is 1. The fourth-order valence-corrected chi connectivity index (χ4v) is 1.64. The molecule has 0 spiro atoms. The predicted octanol–water partition coefficient (Wildman–Crippen LogP) is 3.54. The van der Waals surface area contributed by atoms with Crippen LogP contribution in [-0.4, -0.2) is 10.1 Å². The number of nitrogens with zero attached hydrogens (tertiary/aromatic N) is 1. The largest absolute Gasteiger partial charge is 0.455 e. The molecule has 18 heavy (non-hydrogen) atoms. The lowest BCUT2D eigenvalue weighted by atomic mass is 10.1. The summed E-state index contributed by atoms with van der Waals surface area (Å²) in [5.74, 6) is 1.51. The Kier molecular flexibility index (Phi) is 3.63. The van der Waals surface area contributed by atoms with E-state index in [-0.39, 0.29) is 0 Å². The van der Waals surface area contributed by atoms with Crippen LogP contribution in [0.3, 0.4) is 0 Å². The molecule has 0 saturated heterocycles. The number of aliphatic hydroxyl groups excluding tert-OH is 1. The SMILES string of the molecule is Cc1ccc(C)c(Oc2ccc(C(C)O)nc2)c1. The van der Waals surface area contributed by atoms with E-state index in [0.29, 0.717) is 11.4 Å². The van der Waals surface area contributed by atoms with Crippen molar-refractivity contribution in [3.8, 4) is 11.5 Å². The van der Waals surface area contributed by atoms with Crippen molar-refractivity contribution in [1.82, 2.24) is 4.98 Å². The van der Waals surface area contributed by atoms with E-state index in [1.54, 1.807) is 19.2 Å². The molecule has 1 N–H and O–H groups in total. The number of aliphatic hydroxyl groups is 1. The third kappa shape index (κ3) is 2.87. The van der Waals surface area contributed by atoms with Crippen molar-refractivity contribution in [2.75, 3.05) is 0 Å². The third-order valence-electron chi connectivity index (χ3n) is 2.76. The molecule has 0 aliphatic heterocycles. The Hall–Kier alpha value is -1.87. The summed E-state index contributed by atoms with van der Waals surface area (Å²) in [6.45, 7) is 5.72. The average Bonchev–Trinajstić information content (AvgIpc) is 2.34. The van der Waals surface area contributed by atoms with Crippen molar-refractivity contribution in [2.45, 2.75) is 26.9 Å². The van der Waals surface area contributed by atoms with E-state index in [0.717, 1.165) is 16.9 Å². The Balaban J connectivity index is 2.21. The van der Waals surface area contributed by atoms with Gasteiger partial charge in [-0.05, 0) is 50.1 Å². The van der Waals surface area contributed by atoms with E-state index in [2.05, 4.69) is 11.1 Å². The molecule has 0 aliphatic rings. The Bertz CT molecular complexity index is 533. The monoisotopic (exact) mass is 243 g/mol. The van der Waals surface area contributed by atoms with Crippen molar-refractivity contribution in [3.63, 3.8) is 0 Å². The van der Waals surface area contributed by atoms with Crippen LogP contribution in [0.15, 0.2) is 36.5 Å². The zero-order valence-corrected chi connectivity index (χ0v) is 10.8. The van der Waals surface area contributed by atoms with Gasteiger partial charge in [-0.2, -0.15) is 0 Å². The summed E-state index contributed by atoms with van der Waals surface area (Å²) in [7, 11) is 0. The number of aromatic nitrogens is 1. The molecular weight excluding hydrogens is 226 g/mol. The van der Waals surface area contributed by atoms with E-state index in [4.69, 9.17) is 4.74 Å². The van der Waals surface area contributed by atoms with Gasteiger partial charge >= 0.3 is 0 Å². The summed E-state index contributed by atoms with van der Waals surface area (Å²) in [6.07, 6.45) is 1.07. The van der Waals surface area contributed by atoms with E-state index in [9.17, 15) is 5.11 Å². The van der Waals surface area contributed by atoms with E-state index < -0.39 is 6.10 Å². The minimum Gasteiger partial charge on any atom is -0.455 e. The zero-order valence-electron chi connectivity index (χ0n) is 10.8. The highest BCUT2D eigenvalue weighted by Gasteiger charge is 2.05. The zero-order chi connectivity index (χ0) is 13.1. The maximum absolute atomic E-state index is 9.38. The molecule has 0 bridgehead atoms. The summed E-state index contributed by atoms with van der Waals surface area (Å²) < 4.78 is 5.78. The van der Waals surface area contributed by atoms with Crippen molar-refractivity contribution >= 4 is 0 Å². The Labute approximate surface area is 107 Å². The molecule has 1 atom stereocenters. The maximum atomic E-state index is 9.38. The number of rotatable bonds is 3. The second kappa shape index (κ2) is 5.19. The molecule has 0 fully saturated rings. The predicted molar refractivity (Wildman–Crippen MR) is 70.9 cm³/mol. The van der Waals surface area contributed by atoms with Gasteiger partial charge in [-0.1, -0.05) is 12.1 Å². The van der Waals surface area contributed by atoms with Gasteiger partial charge in [-0.25, -0.2) is 0 Å². The quantitative estimate of drug-likeness (QED) is 0.896. The van der Waals surface area contributed by atoms with Gasteiger partial charge in [0.1, 0.15) is 11.5 Å². The molecule has 0 saturated carbocycles. The minimum absolute atomic E-state index is 0.556. The normalized spacial score (nSPS) is 12.2. The lowest BCUT2D eigenvalue weighted by molar-refractivity contribution is 0.194. The van der Waals surface area contributed by atoms with Gasteiger partial charge in [0.15, 0.2) is 0 Å². The maximum Gasteiger partial charge on any atom is 0.145 e. The molecule has 1 aromatic carbocycles. The molecule has 1 aromatic heterocycles. The van der Waals surface area contributed by atoms with Crippen LogP contribution in [0.2, 0.25) is 0 Å². The van der Waals surface area contributed by atoms with Gasteiger partial charge in [0.05, 0.1) is 18.0 Å². The molecular formula is C15H17NO2. The van der Waals surface area contributed by atoms with Crippen LogP contribution in [0.4, 0.5) is 0 Å². The van der Waals surface area contributed by atoms with E-state index in [1.165, 1.54) is 0 Å². The van der Waals surface area contributed by atoms with Gasteiger partial charge in [-0.15, -0.1) is 0 Å². The molecule has 94 valence electrons. The molecule has 2 aromatic rings. The van der Waals surface area contributed by atoms with Crippen LogP contribution in [-0.2, 0) is 0 Å². The number of ether oxygens (including phenoxy) is 1. The van der Waals surface area contributed by atoms with Crippen LogP contribution < -0.4 is 4.74 Å². The number of hydrogen-bond donors (Lipinski definition) is 1. The molecule has 0 amide bonds. The Morgan fingerprint density at radius 1 is 1.17 bits per heavy atom. The summed E-state index contributed by atoms with van der Waals surface area (Å²) >= 11 is 0. The van der Waals surface area contributed by atoms with Crippen molar-refractivity contribution in [2.24, 2.45) is 0 Å². The highest BCUT2D eigenvalue weighted by atomic mass is 16.5. The first-order valence-electron chi connectivity index (χ1n) is 5.95. The summed E-state index contributed by atoms with van der Waals surface area (Å²) in [5.41, 5.74) is 2.88. The summed E-state index contributed by atoms with van der Waals surface area (Å²) in [6, 6.07) is 9.67. The third-order valence-corrected chi connectivity index (χ3v) is 2.76. The number of benzene rings is 1. The second-order valence-corrected chi connectivity index (χ2v) is 4.47. The molecule has 1 unspecified atom stereocenters. The fraction of sp³-hybridized carbons (Fsp3) is 0.267. The number of aryl methyl sites for hydroxylation is 2. The van der Waals surface area contributed by atoms with Crippen molar-refractivity contribution in [1.29, 1.82) is 0 Å². The van der Waals surface area contributed by atoms with Gasteiger partial charge in [0.25, 0.3) is 0 Å². The van der Waals surface area contributed by atoms with Crippen LogP contribution in [0.5, 0.6) is 11.5 Å². The molecule has 0 radical (unpaired) electrons. The van der Waals surface area contributed by atoms with E-state index >= 15 is 0 Å². The van der Waals surface area contributed by atoms with Gasteiger partial charge in [0.2, 0.25) is 0 Å². The summed E-state index contributed by atoms with van der Waals surface area (Å²) in [5, 5.41) is 9.38. The van der Waals surface area contributed by atoms with Crippen LogP contribution >= 0.6 is 0 Å². The highest BCUT2D eigenvalue weighted by molar-refractivity contribution is 5.39. The molecule has 3 nitrogen and oxygen atoms in total. The minimum atomic E-state index is -0.556. The smallest absolute Gasteiger partial charge is 0.145 e. The molecule has 3 heteroatoms. The average molecular weight is 243 g/mol. The van der Waals surface area contributed by atoms with Gasteiger partial charge in [-0.3, -0.25) is 4.98 Å². The lowest BCUT2D eigenvalue weighted by Gasteiger charge is -2.10. The first kappa shape index (κ1) is 12.6. The van der Waals surface area contributed by atoms with E-state index in [1.807, 2.05) is 32.0 Å². The van der Waals surface area contributed by atoms with Crippen LogP contribution in [0.25, 0.3) is 0 Å². The Morgan fingerprint density at radius 3 is 2.56 bits per heavy atom. The van der Waals surface area contributed by atoms with Gasteiger partial charge < -0.3 is 9.84 Å². The second-order valence-electron chi connectivity index (χ2n) is 4.47. The summed E-state index contributed by atoms with van der Waals surface area (Å²) in [4.78, 5) is 4.15. The topological polar surface area (TPSA) is 42.4 Å². The standard InChI is InChI=1S/C15H17NO2/c1-10-4-5-11(2)15(8-10)18-13-6-7-14(12(3)17)16-9-13/h4-9,12,17H,1-3H3. The lowest BCUT2D eigenvalue weighted by Crippen LogP contribution is -1.95. The Morgan fingerprint density at radius 2 is 1.94 bits per heavy atom. The van der Waals surface area contributed by atoms with Crippen LogP contribution in [0, 0.1) is 13.8 Å². The molecule has 0 aliphatic carbocycles. The molecule has 2 rings (SSSR count). The van der Waals surface area contributed by atoms with Gasteiger partial charge in [0, 0.05) is 0 Å². The highest BCUT2D eigenvalue weighted by Crippen LogP contribution is 2.26.